The van der Waals surface area contributed by atoms with Crippen LogP contribution in [0.3, 0.4) is 0 Å². The highest BCUT2D eigenvalue weighted by Crippen LogP contribution is 2.22. The molecule has 0 unspecified atom stereocenters. The number of hydrogen-bond acceptors (Lipinski definition) is 2. The maximum absolute atomic E-state index is 3.70. The van der Waals surface area contributed by atoms with E-state index in [-0.39, 0.29) is 0 Å². The highest BCUT2D eigenvalue weighted by molar-refractivity contribution is 5.56. The van der Waals surface area contributed by atoms with Gasteiger partial charge in [0.15, 0.2) is 0 Å². The monoisotopic (exact) mass is 260 g/mol. The van der Waals surface area contributed by atoms with E-state index in [0.717, 1.165) is 6.54 Å². The summed E-state index contributed by atoms with van der Waals surface area (Å²) in [4.78, 5) is 2.67. The van der Waals surface area contributed by atoms with Crippen LogP contribution in [0.5, 0.6) is 0 Å². The van der Waals surface area contributed by atoms with Gasteiger partial charge in [0.2, 0.25) is 0 Å². The Bertz CT molecular complexity index is 378. The molecule has 0 aliphatic carbocycles. The number of nitrogens with zero attached hydrogens (tertiary/aromatic N) is 1. The minimum absolute atomic E-state index is 0.715. The Kier molecular flexibility index (Phi) is 5.26. The second-order valence-electron chi connectivity index (χ2n) is 5.83. The second kappa shape index (κ2) is 6.95. The third-order valence-corrected chi connectivity index (χ3v) is 4.26. The van der Waals surface area contributed by atoms with Crippen LogP contribution in [0.2, 0.25) is 0 Å². The molecule has 1 aromatic carbocycles. The Morgan fingerprint density at radius 3 is 2.63 bits per heavy atom. The normalized spacial score (nSPS) is 20.5. The molecule has 0 spiro atoms. The molecule has 2 heteroatoms. The molecule has 0 radical (unpaired) electrons. The van der Waals surface area contributed by atoms with Crippen molar-refractivity contribution in [2.24, 2.45) is 0 Å². The molecule has 0 saturated carbocycles. The van der Waals surface area contributed by atoms with Crippen LogP contribution in [0.15, 0.2) is 18.2 Å². The Morgan fingerprint density at radius 1 is 1.21 bits per heavy atom. The van der Waals surface area contributed by atoms with Gasteiger partial charge in [0.25, 0.3) is 0 Å². The van der Waals surface area contributed by atoms with Crippen molar-refractivity contribution in [1.29, 1.82) is 0 Å². The quantitative estimate of drug-likeness (QED) is 0.861. The van der Waals surface area contributed by atoms with Gasteiger partial charge in [-0.2, -0.15) is 0 Å². The lowest BCUT2D eigenvalue weighted by Crippen LogP contribution is -2.44. The van der Waals surface area contributed by atoms with Crippen LogP contribution in [0.1, 0.15) is 43.7 Å². The minimum atomic E-state index is 0.715. The molecule has 1 saturated heterocycles. The smallest absolute Gasteiger partial charge is 0.0400 e. The zero-order valence-electron chi connectivity index (χ0n) is 12.7. The lowest BCUT2D eigenvalue weighted by atomic mass is 10.0. The highest BCUT2D eigenvalue weighted by Gasteiger charge is 2.21. The Balaban J connectivity index is 1.96. The molecule has 1 aliphatic heterocycles. The fraction of sp³-hybridized carbons (Fsp3) is 0.647. The molecule has 1 atom stereocenters. The topological polar surface area (TPSA) is 15.3 Å². The SMILES string of the molecule is CCCN1CCCC[C@H]1CNc1c(C)cccc1C. The molecule has 1 fully saturated rings. The van der Waals surface area contributed by atoms with Gasteiger partial charge in [0.1, 0.15) is 0 Å². The van der Waals surface area contributed by atoms with Gasteiger partial charge in [-0.1, -0.05) is 31.5 Å². The molecular formula is C17H28N2. The molecule has 1 aliphatic rings. The van der Waals surface area contributed by atoms with Gasteiger partial charge < -0.3 is 5.32 Å². The van der Waals surface area contributed by atoms with Gasteiger partial charge in [-0.3, -0.25) is 4.90 Å². The lowest BCUT2D eigenvalue weighted by Gasteiger charge is -2.36. The Hall–Kier alpha value is -1.02. The van der Waals surface area contributed by atoms with Gasteiger partial charge in [0, 0.05) is 18.3 Å². The van der Waals surface area contributed by atoms with Crippen LogP contribution in [0.25, 0.3) is 0 Å². The largest absolute Gasteiger partial charge is 0.383 e. The van der Waals surface area contributed by atoms with Crippen LogP contribution in [0.4, 0.5) is 5.69 Å². The Morgan fingerprint density at radius 2 is 1.95 bits per heavy atom. The van der Waals surface area contributed by atoms with E-state index in [9.17, 15) is 0 Å². The fourth-order valence-corrected chi connectivity index (χ4v) is 3.19. The zero-order valence-corrected chi connectivity index (χ0v) is 12.7. The summed E-state index contributed by atoms with van der Waals surface area (Å²) in [6.45, 7) is 10.3. The van der Waals surface area contributed by atoms with Crippen LogP contribution < -0.4 is 5.32 Å². The summed E-state index contributed by atoms with van der Waals surface area (Å²) in [5, 5.41) is 3.70. The number of rotatable bonds is 5. The maximum atomic E-state index is 3.70. The molecule has 0 bridgehead atoms. The number of anilines is 1. The summed E-state index contributed by atoms with van der Waals surface area (Å²) in [5.41, 5.74) is 4.06. The van der Waals surface area contributed by atoms with Gasteiger partial charge in [0.05, 0.1) is 0 Å². The summed E-state index contributed by atoms with van der Waals surface area (Å²) in [6.07, 6.45) is 5.37. The number of aryl methyl sites for hydroxylation is 2. The van der Waals surface area contributed by atoms with E-state index < -0.39 is 0 Å². The number of benzene rings is 1. The van der Waals surface area contributed by atoms with Crippen LogP contribution >= 0.6 is 0 Å². The van der Waals surface area contributed by atoms with Crippen molar-refractivity contribution in [3.63, 3.8) is 0 Å². The summed E-state index contributed by atoms with van der Waals surface area (Å²) in [7, 11) is 0. The third kappa shape index (κ3) is 3.73. The van der Waals surface area contributed by atoms with Gasteiger partial charge >= 0.3 is 0 Å². The first kappa shape index (κ1) is 14.4. The first-order valence-electron chi connectivity index (χ1n) is 7.76. The van der Waals surface area contributed by atoms with E-state index in [1.807, 2.05) is 0 Å². The third-order valence-electron chi connectivity index (χ3n) is 4.26. The first-order valence-corrected chi connectivity index (χ1v) is 7.76. The number of hydrogen-bond donors (Lipinski definition) is 1. The zero-order chi connectivity index (χ0) is 13.7. The molecule has 1 heterocycles. The molecule has 1 N–H and O–H groups in total. The van der Waals surface area contributed by atoms with Crippen molar-refractivity contribution in [1.82, 2.24) is 4.90 Å². The molecule has 0 amide bonds. The first-order chi connectivity index (χ1) is 9.22. The van der Waals surface area contributed by atoms with E-state index in [1.54, 1.807) is 0 Å². The highest BCUT2D eigenvalue weighted by atomic mass is 15.2. The van der Waals surface area contributed by atoms with E-state index in [0.29, 0.717) is 6.04 Å². The maximum Gasteiger partial charge on any atom is 0.0400 e. The van der Waals surface area contributed by atoms with E-state index in [2.05, 4.69) is 49.2 Å². The molecular weight excluding hydrogens is 232 g/mol. The molecule has 2 nitrogen and oxygen atoms in total. The van der Waals surface area contributed by atoms with Crippen LogP contribution in [0, 0.1) is 13.8 Å². The molecule has 1 aromatic rings. The van der Waals surface area contributed by atoms with Gasteiger partial charge in [-0.15, -0.1) is 0 Å². The van der Waals surface area contributed by atoms with Crippen LogP contribution in [-0.4, -0.2) is 30.6 Å². The predicted octanol–water partition coefficient (Wildman–Crippen LogP) is 3.98. The van der Waals surface area contributed by atoms with Crippen molar-refractivity contribution < 1.29 is 0 Å². The second-order valence-corrected chi connectivity index (χ2v) is 5.83. The van der Waals surface area contributed by atoms with Crippen molar-refractivity contribution in [2.75, 3.05) is 25.0 Å². The summed E-state index contributed by atoms with van der Waals surface area (Å²) < 4.78 is 0. The number of para-hydroxylation sites is 1. The van der Waals surface area contributed by atoms with Crippen molar-refractivity contribution in [3.05, 3.63) is 29.3 Å². The molecule has 19 heavy (non-hydrogen) atoms. The van der Waals surface area contributed by atoms with Crippen molar-refractivity contribution >= 4 is 5.69 Å². The molecule has 106 valence electrons. The average Bonchev–Trinajstić information content (AvgIpc) is 2.40. The molecule has 2 rings (SSSR count). The average molecular weight is 260 g/mol. The van der Waals surface area contributed by atoms with E-state index >= 15 is 0 Å². The summed E-state index contributed by atoms with van der Waals surface area (Å²) in [6, 6.07) is 7.24. The standard InChI is InChI=1S/C17H28N2/c1-4-11-19-12-6-5-10-16(19)13-18-17-14(2)8-7-9-15(17)3/h7-9,16,18H,4-6,10-13H2,1-3H3/t16-/m0/s1. The Labute approximate surface area is 118 Å². The van der Waals surface area contributed by atoms with Crippen molar-refractivity contribution in [2.45, 2.75) is 52.5 Å². The summed E-state index contributed by atoms with van der Waals surface area (Å²) >= 11 is 0. The number of likely N-dealkylation sites (tertiary alicyclic amines) is 1. The lowest BCUT2D eigenvalue weighted by molar-refractivity contribution is 0.156. The van der Waals surface area contributed by atoms with E-state index in [1.165, 1.54) is 55.6 Å². The number of piperidine rings is 1. The van der Waals surface area contributed by atoms with Gasteiger partial charge in [-0.25, -0.2) is 0 Å². The predicted molar refractivity (Wildman–Crippen MR) is 83.9 cm³/mol. The number of nitrogens with one attached hydrogen (secondary N) is 1. The van der Waals surface area contributed by atoms with Crippen LogP contribution in [-0.2, 0) is 0 Å². The van der Waals surface area contributed by atoms with Gasteiger partial charge in [-0.05, 0) is 57.3 Å². The molecule has 0 aromatic heterocycles. The minimum Gasteiger partial charge on any atom is -0.383 e. The summed E-state index contributed by atoms with van der Waals surface area (Å²) in [5.74, 6) is 0. The van der Waals surface area contributed by atoms with E-state index in [4.69, 9.17) is 0 Å². The van der Waals surface area contributed by atoms with Crippen molar-refractivity contribution in [3.8, 4) is 0 Å². The fourth-order valence-electron chi connectivity index (χ4n) is 3.19.